The SMILES string of the molecule is CC(=O)N[C@H]1CC(n2cnc3c(NCc4cc(Cl)ccc4OCc4cc(C)no4)ncnc32)[C@H](O)[C@@H]1O. The summed E-state index contributed by atoms with van der Waals surface area (Å²) in [5.74, 6) is 1.43. The first kappa shape index (κ1) is 24.9. The third-order valence-electron chi connectivity index (χ3n) is 6.27. The van der Waals surface area contributed by atoms with Gasteiger partial charge in [-0.05, 0) is 31.5 Å². The van der Waals surface area contributed by atoms with Gasteiger partial charge in [0, 0.05) is 30.1 Å². The quantitative estimate of drug-likeness (QED) is 0.267. The molecule has 13 heteroatoms. The van der Waals surface area contributed by atoms with Crippen LogP contribution in [-0.4, -0.2) is 59.0 Å². The molecule has 1 fully saturated rings. The lowest BCUT2D eigenvalue weighted by molar-refractivity contribution is -0.120. The van der Waals surface area contributed by atoms with E-state index in [0.717, 1.165) is 11.3 Å². The number of carbonyl (C=O) groups is 1. The standard InChI is InChI=1S/C24H26ClN7O5/c1-12-5-16(37-31-12)9-36-19-4-3-15(25)6-14(19)8-26-23-20-24(28-10-27-23)32(11-29-20)18-7-17(30-13(2)33)21(34)22(18)35/h3-6,10-11,17-18,21-22,34-35H,7-9H2,1-2H3,(H,30,33)(H,26,27,28)/t17-,18?,21+,22-/m0/s1. The van der Waals surface area contributed by atoms with Crippen LogP contribution in [0.3, 0.4) is 0 Å². The number of carbonyl (C=O) groups excluding carboxylic acids is 1. The van der Waals surface area contributed by atoms with Gasteiger partial charge in [0.15, 0.2) is 17.2 Å². The predicted molar refractivity (Wildman–Crippen MR) is 133 cm³/mol. The summed E-state index contributed by atoms with van der Waals surface area (Å²) in [5.41, 5.74) is 2.55. The number of hydrogen-bond donors (Lipinski definition) is 4. The number of benzene rings is 1. The molecule has 0 aliphatic heterocycles. The van der Waals surface area contributed by atoms with Gasteiger partial charge in [0.05, 0.1) is 24.1 Å². The van der Waals surface area contributed by atoms with Crippen LogP contribution in [0.4, 0.5) is 5.82 Å². The molecule has 3 aromatic heterocycles. The molecule has 4 N–H and O–H groups in total. The molecular formula is C24H26ClN7O5. The molecule has 194 valence electrons. The van der Waals surface area contributed by atoms with Crippen molar-refractivity contribution in [3.8, 4) is 5.75 Å². The zero-order valence-corrected chi connectivity index (χ0v) is 20.9. The lowest BCUT2D eigenvalue weighted by Crippen LogP contribution is -2.42. The van der Waals surface area contributed by atoms with Crippen LogP contribution in [0, 0.1) is 6.92 Å². The number of ether oxygens (including phenoxy) is 1. The van der Waals surface area contributed by atoms with Crippen molar-refractivity contribution < 1.29 is 24.3 Å². The Morgan fingerprint density at radius 3 is 2.84 bits per heavy atom. The van der Waals surface area contributed by atoms with Gasteiger partial charge in [0.2, 0.25) is 5.91 Å². The fraction of sp³-hybridized carbons (Fsp3) is 0.375. The van der Waals surface area contributed by atoms with Crippen LogP contribution in [0.2, 0.25) is 5.02 Å². The molecule has 37 heavy (non-hydrogen) atoms. The Hall–Kier alpha value is -3.74. The topological polar surface area (TPSA) is 160 Å². The van der Waals surface area contributed by atoms with Crippen LogP contribution in [0.5, 0.6) is 5.75 Å². The van der Waals surface area contributed by atoms with Crippen molar-refractivity contribution in [2.24, 2.45) is 0 Å². The molecule has 4 aromatic rings. The first-order valence-corrected chi connectivity index (χ1v) is 12.1. The van der Waals surface area contributed by atoms with Gasteiger partial charge in [-0.1, -0.05) is 16.8 Å². The first-order chi connectivity index (χ1) is 17.8. The van der Waals surface area contributed by atoms with Gasteiger partial charge in [-0.15, -0.1) is 0 Å². The Kier molecular flexibility index (Phi) is 6.96. The number of rotatable bonds is 8. The maximum Gasteiger partial charge on any atom is 0.217 e. The largest absolute Gasteiger partial charge is 0.485 e. The molecule has 12 nitrogen and oxygen atoms in total. The highest BCUT2D eigenvalue weighted by Crippen LogP contribution is 2.34. The number of nitrogens with zero attached hydrogens (tertiary/aromatic N) is 5. The van der Waals surface area contributed by atoms with E-state index in [1.807, 2.05) is 6.92 Å². The second-order valence-corrected chi connectivity index (χ2v) is 9.40. The molecule has 1 amide bonds. The fourth-order valence-corrected chi connectivity index (χ4v) is 4.75. The van der Waals surface area contributed by atoms with E-state index in [2.05, 4.69) is 30.7 Å². The van der Waals surface area contributed by atoms with Crippen molar-refractivity contribution >= 4 is 34.5 Å². The van der Waals surface area contributed by atoms with E-state index in [0.29, 0.717) is 46.5 Å². The van der Waals surface area contributed by atoms with Crippen LogP contribution in [-0.2, 0) is 17.9 Å². The van der Waals surface area contributed by atoms with E-state index in [9.17, 15) is 15.0 Å². The number of anilines is 1. The lowest BCUT2D eigenvalue weighted by atomic mass is 10.2. The minimum atomic E-state index is -1.10. The molecule has 3 heterocycles. The molecule has 0 spiro atoms. The second-order valence-electron chi connectivity index (χ2n) is 8.97. The van der Waals surface area contributed by atoms with E-state index >= 15 is 0 Å². The van der Waals surface area contributed by atoms with Gasteiger partial charge in [-0.2, -0.15) is 0 Å². The Morgan fingerprint density at radius 2 is 2.08 bits per heavy atom. The number of halogens is 1. The van der Waals surface area contributed by atoms with E-state index in [-0.39, 0.29) is 12.5 Å². The maximum absolute atomic E-state index is 11.5. The van der Waals surface area contributed by atoms with E-state index in [1.165, 1.54) is 13.3 Å². The molecule has 5 rings (SSSR count). The number of imidazole rings is 1. The highest BCUT2D eigenvalue weighted by molar-refractivity contribution is 6.30. The minimum Gasteiger partial charge on any atom is -0.485 e. The molecular weight excluding hydrogens is 502 g/mol. The summed E-state index contributed by atoms with van der Waals surface area (Å²) < 4.78 is 12.8. The van der Waals surface area contributed by atoms with Crippen LogP contribution in [0.15, 0.2) is 41.4 Å². The average Bonchev–Trinajstić information content (AvgIpc) is 3.56. The maximum atomic E-state index is 11.5. The molecule has 0 saturated heterocycles. The Labute approximate surface area is 216 Å². The van der Waals surface area contributed by atoms with Crippen molar-refractivity contribution in [3.05, 3.63) is 59.0 Å². The smallest absolute Gasteiger partial charge is 0.217 e. The van der Waals surface area contributed by atoms with Gasteiger partial charge >= 0.3 is 0 Å². The number of amides is 1. The summed E-state index contributed by atoms with van der Waals surface area (Å²) in [4.78, 5) is 24.6. The molecule has 1 saturated carbocycles. The summed E-state index contributed by atoms with van der Waals surface area (Å²) in [5, 5.41) is 31.4. The summed E-state index contributed by atoms with van der Waals surface area (Å²) >= 11 is 6.24. The zero-order valence-electron chi connectivity index (χ0n) is 20.1. The molecule has 1 aromatic carbocycles. The number of aromatic nitrogens is 5. The zero-order chi connectivity index (χ0) is 26.1. The van der Waals surface area contributed by atoms with Crippen molar-refractivity contribution in [1.82, 2.24) is 30.0 Å². The van der Waals surface area contributed by atoms with Gasteiger partial charge in [-0.25, -0.2) is 15.0 Å². The summed E-state index contributed by atoms with van der Waals surface area (Å²) in [6.45, 7) is 3.76. The van der Waals surface area contributed by atoms with Crippen LogP contribution in [0.1, 0.15) is 36.4 Å². The van der Waals surface area contributed by atoms with Crippen molar-refractivity contribution in [2.75, 3.05) is 5.32 Å². The highest BCUT2D eigenvalue weighted by Gasteiger charge is 2.43. The van der Waals surface area contributed by atoms with Crippen molar-refractivity contribution in [1.29, 1.82) is 0 Å². The van der Waals surface area contributed by atoms with Gasteiger partial charge < -0.3 is 34.7 Å². The summed E-state index contributed by atoms with van der Waals surface area (Å²) in [6.07, 6.45) is 1.07. The number of aliphatic hydroxyl groups excluding tert-OH is 2. The van der Waals surface area contributed by atoms with Crippen LogP contribution >= 0.6 is 11.6 Å². The predicted octanol–water partition coefficient (Wildman–Crippen LogP) is 2.14. The van der Waals surface area contributed by atoms with Gasteiger partial charge in [-0.3, -0.25) is 4.79 Å². The van der Waals surface area contributed by atoms with Crippen molar-refractivity contribution in [2.45, 2.75) is 57.7 Å². The van der Waals surface area contributed by atoms with Crippen LogP contribution < -0.4 is 15.4 Å². The number of hydrogen-bond acceptors (Lipinski definition) is 10. The van der Waals surface area contributed by atoms with Crippen LogP contribution in [0.25, 0.3) is 11.2 Å². The number of aryl methyl sites for hydroxylation is 1. The fourth-order valence-electron chi connectivity index (χ4n) is 4.55. The monoisotopic (exact) mass is 527 g/mol. The molecule has 4 atom stereocenters. The third-order valence-corrected chi connectivity index (χ3v) is 6.51. The number of aliphatic hydroxyl groups is 2. The second kappa shape index (κ2) is 10.3. The number of fused-ring (bicyclic) bond motifs is 1. The molecule has 0 radical (unpaired) electrons. The molecule has 0 bridgehead atoms. The van der Waals surface area contributed by atoms with E-state index < -0.39 is 24.3 Å². The molecule has 1 unspecified atom stereocenters. The Bertz CT molecular complexity index is 1420. The molecule has 1 aliphatic carbocycles. The third kappa shape index (κ3) is 5.22. The first-order valence-electron chi connectivity index (χ1n) is 11.7. The average molecular weight is 528 g/mol. The Morgan fingerprint density at radius 1 is 1.24 bits per heavy atom. The Balaban J connectivity index is 1.34. The van der Waals surface area contributed by atoms with Gasteiger partial charge in [0.25, 0.3) is 0 Å². The highest BCUT2D eigenvalue weighted by atomic mass is 35.5. The number of nitrogens with one attached hydrogen (secondary N) is 2. The summed E-state index contributed by atoms with van der Waals surface area (Å²) in [7, 11) is 0. The van der Waals surface area contributed by atoms with Gasteiger partial charge in [0.1, 0.15) is 36.4 Å². The van der Waals surface area contributed by atoms with Crippen molar-refractivity contribution in [3.63, 3.8) is 0 Å². The molecule has 1 aliphatic rings. The summed E-state index contributed by atoms with van der Waals surface area (Å²) in [6, 6.07) is 6.03. The van der Waals surface area contributed by atoms with E-state index in [4.69, 9.17) is 20.9 Å². The van der Waals surface area contributed by atoms with E-state index in [1.54, 1.807) is 35.2 Å². The lowest BCUT2D eigenvalue weighted by Gasteiger charge is -2.18. The minimum absolute atomic E-state index is 0.215. The normalized spacial score (nSPS) is 21.3.